The van der Waals surface area contributed by atoms with Gasteiger partial charge >= 0.3 is 0 Å². The smallest absolute Gasteiger partial charge is 0.246 e. The SMILES string of the molecule is CCCNC(C)c1sc(N2CC(=O)NC(=O)C2)nc1C. The van der Waals surface area contributed by atoms with Gasteiger partial charge in [-0.05, 0) is 26.8 Å². The van der Waals surface area contributed by atoms with Gasteiger partial charge < -0.3 is 10.2 Å². The zero-order valence-electron chi connectivity index (χ0n) is 12.0. The minimum Gasteiger partial charge on any atom is -0.329 e. The normalized spacial score (nSPS) is 17.2. The van der Waals surface area contributed by atoms with Crippen LogP contribution in [0.2, 0.25) is 0 Å². The number of piperazine rings is 1. The van der Waals surface area contributed by atoms with E-state index < -0.39 is 0 Å². The van der Waals surface area contributed by atoms with E-state index in [1.165, 1.54) is 0 Å². The zero-order chi connectivity index (χ0) is 14.7. The number of carbonyl (C=O) groups excluding carboxylic acids is 2. The van der Waals surface area contributed by atoms with E-state index in [4.69, 9.17) is 0 Å². The lowest BCUT2D eigenvalue weighted by Gasteiger charge is -2.24. The molecule has 1 fully saturated rings. The third kappa shape index (κ3) is 3.34. The molecule has 0 bridgehead atoms. The molecule has 0 saturated carbocycles. The van der Waals surface area contributed by atoms with Gasteiger partial charge in [-0.3, -0.25) is 14.9 Å². The predicted octanol–water partition coefficient (Wildman–Crippen LogP) is 0.975. The van der Waals surface area contributed by atoms with Gasteiger partial charge in [-0.25, -0.2) is 4.98 Å². The lowest BCUT2D eigenvalue weighted by molar-refractivity contribution is -0.130. The highest BCUT2D eigenvalue weighted by Gasteiger charge is 2.26. The van der Waals surface area contributed by atoms with Crippen LogP contribution in [0, 0.1) is 6.92 Å². The van der Waals surface area contributed by atoms with Crippen LogP contribution in [0.4, 0.5) is 5.13 Å². The second-order valence-corrected chi connectivity index (χ2v) is 5.96. The van der Waals surface area contributed by atoms with Gasteiger partial charge in [0.1, 0.15) is 13.1 Å². The van der Waals surface area contributed by atoms with Gasteiger partial charge in [-0.1, -0.05) is 18.3 Å². The van der Waals surface area contributed by atoms with Crippen LogP contribution in [0.3, 0.4) is 0 Å². The summed E-state index contributed by atoms with van der Waals surface area (Å²) >= 11 is 1.55. The number of aromatic nitrogens is 1. The van der Waals surface area contributed by atoms with Crippen molar-refractivity contribution in [2.24, 2.45) is 0 Å². The van der Waals surface area contributed by atoms with E-state index in [9.17, 15) is 9.59 Å². The van der Waals surface area contributed by atoms with Crippen LogP contribution in [0.15, 0.2) is 0 Å². The average molecular weight is 296 g/mol. The van der Waals surface area contributed by atoms with E-state index in [-0.39, 0.29) is 30.9 Å². The fourth-order valence-electron chi connectivity index (χ4n) is 2.16. The highest BCUT2D eigenvalue weighted by molar-refractivity contribution is 7.15. The molecule has 0 aliphatic carbocycles. The molecule has 1 atom stereocenters. The molecule has 1 aromatic rings. The Kier molecular flexibility index (Phi) is 4.72. The van der Waals surface area contributed by atoms with Gasteiger partial charge in [0.05, 0.1) is 5.69 Å². The minimum atomic E-state index is -0.271. The van der Waals surface area contributed by atoms with Gasteiger partial charge in [-0.15, -0.1) is 0 Å². The molecular weight excluding hydrogens is 276 g/mol. The summed E-state index contributed by atoms with van der Waals surface area (Å²) in [6.07, 6.45) is 1.08. The van der Waals surface area contributed by atoms with Crippen molar-refractivity contribution in [3.05, 3.63) is 10.6 Å². The fourth-order valence-corrected chi connectivity index (χ4v) is 3.25. The number of nitrogens with one attached hydrogen (secondary N) is 2. The van der Waals surface area contributed by atoms with Gasteiger partial charge in [0, 0.05) is 10.9 Å². The first-order valence-electron chi connectivity index (χ1n) is 6.79. The van der Waals surface area contributed by atoms with Crippen molar-refractivity contribution in [3.63, 3.8) is 0 Å². The standard InChI is InChI=1S/C13H20N4O2S/c1-4-5-14-8(2)12-9(3)15-13(20-12)17-6-10(18)16-11(19)7-17/h8,14H,4-7H2,1-3H3,(H,16,18,19). The Balaban J connectivity index is 2.14. The molecule has 0 spiro atoms. The Morgan fingerprint density at radius 2 is 2.05 bits per heavy atom. The van der Waals surface area contributed by atoms with E-state index in [2.05, 4.69) is 29.5 Å². The van der Waals surface area contributed by atoms with Gasteiger partial charge in [-0.2, -0.15) is 0 Å². The molecule has 1 aliphatic rings. The number of anilines is 1. The second kappa shape index (κ2) is 6.32. The molecule has 0 aromatic carbocycles. The molecule has 1 aromatic heterocycles. The molecule has 0 radical (unpaired) electrons. The van der Waals surface area contributed by atoms with Crippen LogP contribution in [0.25, 0.3) is 0 Å². The third-order valence-electron chi connectivity index (χ3n) is 3.13. The average Bonchev–Trinajstić information content (AvgIpc) is 2.77. The van der Waals surface area contributed by atoms with Crippen molar-refractivity contribution >= 4 is 28.3 Å². The van der Waals surface area contributed by atoms with E-state index in [1.807, 2.05) is 6.92 Å². The lowest BCUT2D eigenvalue weighted by atomic mass is 10.2. The zero-order valence-corrected chi connectivity index (χ0v) is 12.8. The Morgan fingerprint density at radius 3 is 2.65 bits per heavy atom. The third-order valence-corrected chi connectivity index (χ3v) is 4.53. The van der Waals surface area contributed by atoms with Crippen LogP contribution in [-0.2, 0) is 9.59 Å². The van der Waals surface area contributed by atoms with Crippen LogP contribution in [0.5, 0.6) is 0 Å². The number of hydrogen-bond acceptors (Lipinski definition) is 6. The number of thiazole rings is 1. The highest BCUT2D eigenvalue weighted by atomic mass is 32.1. The molecule has 110 valence electrons. The molecule has 1 saturated heterocycles. The first-order valence-corrected chi connectivity index (χ1v) is 7.61. The first-order chi connectivity index (χ1) is 9.51. The topological polar surface area (TPSA) is 74.3 Å². The summed E-state index contributed by atoms with van der Waals surface area (Å²) in [6.45, 7) is 7.53. The summed E-state index contributed by atoms with van der Waals surface area (Å²) in [6, 6.07) is 0.232. The highest BCUT2D eigenvalue weighted by Crippen LogP contribution is 2.30. The molecule has 6 nitrogen and oxygen atoms in total. The van der Waals surface area contributed by atoms with Crippen LogP contribution in [-0.4, -0.2) is 36.4 Å². The van der Waals surface area contributed by atoms with Crippen molar-refractivity contribution in [2.75, 3.05) is 24.5 Å². The molecule has 1 unspecified atom stereocenters. The van der Waals surface area contributed by atoms with Crippen LogP contribution >= 0.6 is 11.3 Å². The molecule has 7 heteroatoms. The summed E-state index contributed by atoms with van der Waals surface area (Å²) in [5, 5.41) is 6.47. The van der Waals surface area contributed by atoms with Crippen molar-refractivity contribution in [3.8, 4) is 0 Å². The molecule has 2 amide bonds. The van der Waals surface area contributed by atoms with Crippen LogP contribution in [0.1, 0.15) is 36.9 Å². The largest absolute Gasteiger partial charge is 0.329 e. The summed E-state index contributed by atoms with van der Waals surface area (Å²) in [7, 11) is 0. The first kappa shape index (κ1) is 14.9. The van der Waals surface area contributed by atoms with Crippen molar-refractivity contribution < 1.29 is 9.59 Å². The van der Waals surface area contributed by atoms with E-state index in [0.29, 0.717) is 0 Å². The Labute approximate surface area is 122 Å². The Morgan fingerprint density at radius 1 is 1.40 bits per heavy atom. The maximum absolute atomic E-state index is 11.4. The number of rotatable bonds is 5. The molecule has 2 heterocycles. The van der Waals surface area contributed by atoms with Gasteiger partial charge in [0.25, 0.3) is 0 Å². The summed E-state index contributed by atoms with van der Waals surface area (Å²) in [5.41, 5.74) is 0.958. The molecular formula is C13H20N4O2S. The number of carbonyl (C=O) groups is 2. The Hall–Kier alpha value is -1.47. The van der Waals surface area contributed by atoms with Crippen molar-refractivity contribution in [1.29, 1.82) is 0 Å². The fraction of sp³-hybridized carbons (Fsp3) is 0.615. The summed E-state index contributed by atoms with van der Waals surface area (Å²) in [5.74, 6) is -0.541. The van der Waals surface area contributed by atoms with E-state index in [1.54, 1.807) is 16.2 Å². The molecule has 1 aliphatic heterocycles. The lowest BCUT2D eigenvalue weighted by Crippen LogP contribution is -2.51. The van der Waals surface area contributed by atoms with Gasteiger partial charge in [0.2, 0.25) is 11.8 Å². The summed E-state index contributed by atoms with van der Waals surface area (Å²) < 4.78 is 0. The minimum absolute atomic E-state index is 0.189. The van der Waals surface area contributed by atoms with E-state index >= 15 is 0 Å². The Bertz CT molecular complexity index is 498. The quantitative estimate of drug-likeness (QED) is 0.792. The number of aryl methyl sites for hydroxylation is 1. The van der Waals surface area contributed by atoms with Gasteiger partial charge in [0.15, 0.2) is 5.13 Å². The molecule has 2 rings (SSSR count). The van der Waals surface area contributed by atoms with Crippen molar-refractivity contribution in [1.82, 2.24) is 15.6 Å². The second-order valence-electron chi connectivity index (χ2n) is 4.95. The number of amides is 2. The number of nitrogens with zero attached hydrogens (tertiary/aromatic N) is 2. The number of imide groups is 1. The molecule has 2 N–H and O–H groups in total. The van der Waals surface area contributed by atoms with Crippen molar-refractivity contribution in [2.45, 2.75) is 33.2 Å². The maximum Gasteiger partial charge on any atom is 0.246 e. The predicted molar refractivity (Wildman–Crippen MR) is 78.9 cm³/mol. The van der Waals surface area contributed by atoms with Crippen LogP contribution < -0.4 is 15.5 Å². The maximum atomic E-state index is 11.4. The molecule has 20 heavy (non-hydrogen) atoms. The summed E-state index contributed by atoms with van der Waals surface area (Å²) in [4.78, 5) is 30.2. The monoisotopic (exact) mass is 296 g/mol. The number of hydrogen-bond donors (Lipinski definition) is 2. The van der Waals surface area contributed by atoms with E-state index in [0.717, 1.165) is 28.7 Å².